The maximum absolute atomic E-state index is 11.8. The van der Waals surface area contributed by atoms with Gasteiger partial charge in [0.25, 0.3) is 5.56 Å². The van der Waals surface area contributed by atoms with Gasteiger partial charge >= 0.3 is 0 Å². The highest BCUT2D eigenvalue weighted by atomic mass is 16.1. The van der Waals surface area contributed by atoms with Gasteiger partial charge in [-0.15, -0.1) is 0 Å². The summed E-state index contributed by atoms with van der Waals surface area (Å²) < 4.78 is 1.83. The van der Waals surface area contributed by atoms with Crippen molar-refractivity contribution in [3.05, 3.63) is 39.8 Å². The molecule has 74 valence electrons. The Labute approximate surface area is 83.9 Å². The molecule has 2 heteroatoms. The minimum absolute atomic E-state index is 0.107. The number of pyridine rings is 1. The topological polar surface area (TPSA) is 22.0 Å². The summed E-state index contributed by atoms with van der Waals surface area (Å²) in [5.74, 6) is 0. The van der Waals surface area contributed by atoms with Crippen molar-refractivity contribution in [2.75, 3.05) is 0 Å². The van der Waals surface area contributed by atoms with E-state index in [0.717, 1.165) is 24.1 Å². The van der Waals surface area contributed by atoms with Gasteiger partial charge in [0.1, 0.15) is 0 Å². The van der Waals surface area contributed by atoms with Crippen LogP contribution in [0.5, 0.6) is 0 Å². The Morgan fingerprint density at radius 2 is 2.07 bits per heavy atom. The Bertz CT molecular complexity index is 440. The molecule has 0 N–H and O–H groups in total. The van der Waals surface area contributed by atoms with Crippen molar-refractivity contribution >= 4 is 5.70 Å². The lowest BCUT2D eigenvalue weighted by Crippen LogP contribution is -2.20. The third kappa shape index (κ3) is 1.52. The first kappa shape index (κ1) is 9.25. The fraction of sp³-hybridized carbons (Fsp3) is 0.417. The van der Waals surface area contributed by atoms with Gasteiger partial charge in [0.05, 0.1) is 0 Å². The Morgan fingerprint density at radius 1 is 1.29 bits per heavy atom. The van der Waals surface area contributed by atoms with Gasteiger partial charge in [-0.2, -0.15) is 0 Å². The number of allylic oxidation sites excluding steroid dienone is 2. The number of rotatable bonds is 1. The van der Waals surface area contributed by atoms with Gasteiger partial charge in [-0.05, 0) is 44.7 Å². The molecule has 1 aromatic heterocycles. The monoisotopic (exact) mass is 189 g/mol. The van der Waals surface area contributed by atoms with Crippen molar-refractivity contribution in [1.29, 1.82) is 0 Å². The molecule has 1 aromatic rings. The Morgan fingerprint density at radius 3 is 2.64 bits per heavy atom. The average molecular weight is 189 g/mol. The van der Waals surface area contributed by atoms with Gasteiger partial charge in [-0.25, -0.2) is 0 Å². The lowest BCUT2D eigenvalue weighted by atomic mass is 10.2. The molecule has 1 aliphatic rings. The first-order valence-corrected chi connectivity index (χ1v) is 5.08. The van der Waals surface area contributed by atoms with Crippen LogP contribution in [0.1, 0.15) is 30.5 Å². The van der Waals surface area contributed by atoms with Crippen molar-refractivity contribution in [3.8, 4) is 0 Å². The Hall–Kier alpha value is -1.31. The largest absolute Gasteiger partial charge is 0.286 e. The second-order valence-corrected chi connectivity index (χ2v) is 3.94. The first-order valence-electron chi connectivity index (χ1n) is 5.08. The molecule has 0 atom stereocenters. The molecule has 1 aliphatic carbocycles. The molecule has 1 heterocycles. The SMILES string of the molecule is Cc1cc(C)n(C2=CCCC2)c(=O)c1. The van der Waals surface area contributed by atoms with E-state index in [1.165, 1.54) is 12.1 Å². The van der Waals surface area contributed by atoms with E-state index in [-0.39, 0.29) is 5.56 Å². The third-order valence-electron chi connectivity index (χ3n) is 2.67. The van der Waals surface area contributed by atoms with Crippen molar-refractivity contribution in [2.24, 2.45) is 0 Å². The van der Waals surface area contributed by atoms with Crippen LogP contribution in [0.15, 0.2) is 23.0 Å². The summed E-state index contributed by atoms with van der Waals surface area (Å²) in [5.41, 5.74) is 3.37. The highest BCUT2D eigenvalue weighted by molar-refractivity contribution is 5.49. The zero-order valence-corrected chi connectivity index (χ0v) is 8.71. The molecule has 0 unspecified atom stereocenters. The second-order valence-electron chi connectivity index (χ2n) is 3.94. The smallest absolute Gasteiger partial charge is 0.255 e. The number of nitrogens with zero attached hydrogens (tertiary/aromatic N) is 1. The Kier molecular flexibility index (Phi) is 2.28. The van der Waals surface area contributed by atoms with Gasteiger partial charge in [0, 0.05) is 17.5 Å². The fourth-order valence-electron chi connectivity index (χ4n) is 2.09. The highest BCUT2D eigenvalue weighted by Gasteiger charge is 2.10. The van der Waals surface area contributed by atoms with Gasteiger partial charge in [-0.1, -0.05) is 6.08 Å². The van der Waals surface area contributed by atoms with E-state index in [0.29, 0.717) is 0 Å². The van der Waals surface area contributed by atoms with Crippen LogP contribution >= 0.6 is 0 Å². The van der Waals surface area contributed by atoms with Crippen LogP contribution in [-0.4, -0.2) is 4.57 Å². The standard InChI is InChI=1S/C12H15NO/c1-9-7-10(2)13(12(14)8-9)11-5-3-4-6-11/h5,7-8H,3-4,6H2,1-2H3. The van der Waals surface area contributed by atoms with Gasteiger partial charge in [-0.3, -0.25) is 9.36 Å². The van der Waals surface area contributed by atoms with Crippen molar-refractivity contribution in [3.63, 3.8) is 0 Å². The lowest BCUT2D eigenvalue weighted by Gasteiger charge is -2.10. The van der Waals surface area contributed by atoms with Crippen LogP contribution in [0.25, 0.3) is 5.70 Å². The average Bonchev–Trinajstić information content (AvgIpc) is 2.54. The Balaban J connectivity index is 2.58. The van der Waals surface area contributed by atoms with Crippen LogP contribution in [-0.2, 0) is 0 Å². The maximum atomic E-state index is 11.8. The van der Waals surface area contributed by atoms with Gasteiger partial charge in [0.2, 0.25) is 0 Å². The van der Waals surface area contributed by atoms with Gasteiger partial charge in [0.15, 0.2) is 0 Å². The molecule has 0 aliphatic heterocycles. The molecule has 0 amide bonds. The van der Waals surface area contributed by atoms with E-state index in [2.05, 4.69) is 12.1 Å². The molecule has 0 fully saturated rings. The molecule has 2 rings (SSSR count). The summed E-state index contributed by atoms with van der Waals surface area (Å²) in [6.45, 7) is 3.95. The molecule has 2 nitrogen and oxygen atoms in total. The van der Waals surface area contributed by atoms with Crippen molar-refractivity contribution < 1.29 is 0 Å². The van der Waals surface area contributed by atoms with Crippen molar-refractivity contribution in [1.82, 2.24) is 4.57 Å². The summed E-state index contributed by atoms with van der Waals surface area (Å²) in [5, 5.41) is 0. The van der Waals surface area contributed by atoms with Crippen molar-refractivity contribution in [2.45, 2.75) is 33.1 Å². The number of hydrogen-bond donors (Lipinski definition) is 0. The van der Waals surface area contributed by atoms with Crippen LogP contribution in [0, 0.1) is 13.8 Å². The maximum Gasteiger partial charge on any atom is 0.255 e. The fourth-order valence-corrected chi connectivity index (χ4v) is 2.09. The van der Waals surface area contributed by atoms with E-state index in [9.17, 15) is 4.79 Å². The number of hydrogen-bond acceptors (Lipinski definition) is 1. The minimum Gasteiger partial charge on any atom is -0.286 e. The highest BCUT2D eigenvalue weighted by Crippen LogP contribution is 2.21. The number of aromatic nitrogens is 1. The molecule has 0 saturated carbocycles. The van der Waals surface area contributed by atoms with Crippen LogP contribution in [0.4, 0.5) is 0 Å². The summed E-state index contributed by atoms with van der Waals surface area (Å²) in [6, 6.07) is 3.76. The molecular formula is C12H15NO. The molecular weight excluding hydrogens is 174 g/mol. The quantitative estimate of drug-likeness (QED) is 0.665. The molecule has 0 bridgehead atoms. The molecule has 0 radical (unpaired) electrons. The van der Waals surface area contributed by atoms with E-state index in [1.54, 1.807) is 6.07 Å². The minimum atomic E-state index is 0.107. The summed E-state index contributed by atoms with van der Waals surface area (Å²) in [7, 11) is 0. The van der Waals surface area contributed by atoms with Gasteiger partial charge < -0.3 is 0 Å². The van der Waals surface area contributed by atoms with Crippen LogP contribution in [0.3, 0.4) is 0 Å². The summed E-state index contributed by atoms with van der Waals surface area (Å²) in [4.78, 5) is 11.8. The summed E-state index contributed by atoms with van der Waals surface area (Å²) in [6.07, 6.45) is 5.48. The molecule has 0 spiro atoms. The molecule has 0 aromatic carbocycles. The molecule has 14 heavy (non-hydrogen) atoms. The van der Waals surface area contributed by atoms with Crippen LogP contribution < -0.4 is 5.56 Å². The zero-order valence-electron chi connectivity index (χ0n) is 8.71. The second kappa shape index (κ2) is 3.45. The predicted molar refractivity (Wildman–Crippen MR) is 58.3 cm³/mol. The van der Waals surface area contributed by atoms with E-state index in [1.807, 2.05) is 18.4 Å². The predicted octanol–water partition coefficient (Wildman–Crippen LogP) is 2.49. The third-order valence-corrected chi connectivity index (χ3v) is 2.67. The molecule has 0 saturated heterocycles. The van der Waals surface area contributed by atoms with E-state index in [4.69, 9.17) is 0 Å². The van der Waals surface area contributed by atoms with E-state index < -0.39 is 0 Å². The van der Waals surface area contributed by atoms with E-state index >= 15 is 0 Å². The summed E-state index contributed by atoms with van der Waals surface area (Å²) >= 11 is 0. The number of aryl methyl sites for hydroxylation is 2. The first-order chi connectivity index (χ1) is 6.68. The normalized spacial score (nSPS) is 15.7. The zero-order chi connectivity index (χ0) is 10.1. The lowest BCUT2D eigenvalue weighted by molar-refractivity contribution is 0.869. The van der Waals surface area contributed by atoms with Crippen LogP contribution in [0.2, 0.25) is 0 Å².